The summed E-state index contributed by atoms with van der Waals surface area (Å²) < 4.78 is 5.62. The molecular weight excluding hydrogens is 303 g/mol. The van der Waals surface area contributed by atoms with E-state index in [0.29, 0.717) is 22.4 Å². The van der Waals surface area contributed by atoms with Crippen LogP contribution >= 0.6 is 34.5 Å². The Hall–Kier alpha value is -1.18. The third kappa shape index (κ3) is 3.89. The van der Waals surface area contributed by atoms with Crippen molar-refractivity contribution < 1.29 is 9.84 Å². The summed E-state index contributed by atoms with van der Waals surface area (Å²) in [6, 6.07) is 9.05. The quantitative estimate of drug-likeness (QED) is 0.869. The minimum Gasteiger partial charge on any atom is -0.485 e. The fourth-order valence-electron chi connectivity index (χ4n) is 1.41. The van der Waals surface area contributed by atoms with Crippen molar-refractivity contribution in [3.63, 3.8) is 0 Å². The van der Waals surface area contributed by atoms with E-state index in [1.807, 2.05) is 12.1 Å². The number of para-hydroxylation sites is 1. The van der Waals surface area contributed by atoms with Crippen molar-refractivity contribution in [1.29, 1.82) is 0 Å². The molecule has 0 atom stereocenters. The van der Waals surface area contributed by atoms with Gasteiger partial charge in [-0.2, -0.15) is 0 Å². The number of aliphatic hydroxyl groups excluding tert-OH is 1. The monoisotopic (exact) mass is 312 g/mol. The molecule has 1 N–H and O–H groups in total. The number of thiophene rings is 1. The van der Waals surface area contributed by atoms with Gasteiger partial charge in [-0.1, -0.05) is 41.1 Å². The van der Waals surface area contributed by atoms with E-state index in [0.717, 1.165) is 9.75 Å². The Morgan fingerprint density at radius 1 is 1.16 bits per heavy atom. The molecular formula is C14H10Cl2O2S. The molecule has 1 heterocycles. The van der Waals surface area contributed by atoms with Gasteiger partial charge in [0.2, 0.25) is 0 Å². The van der Waals surface area contributed by atoms with Crippen LogP contribution in [0.4, 0.5) is 0 Å². The SMILES string of the molecule is OCC#Cc1ccc(COc2c(Cl)cccc2Cl)s1. The Morgan fingerprint density at radius 2 is 1.89 bits per heavy atom. The first kappa shape index (κ1) is 14.2. The number of aliphatic hydroxyl groups is 1. The molecule has 0 amide bonds. The molecule has 2 nitrogen and oxygen atoms in total. The molecule has 1 aromatic heterocycles. The van der Waals surface area contributed by atoms with Gasteiger partial charge in [0.05, 0.1) is 14.9 Å². The van der Waals surface area contributed by atoms with Crippen molar-refractivity contribution in [3.05, 3.63) is 50.1 Å². The highest BCUT2D eigenvalue weighted by Crippen LogP contribution is 2.33. The Bertz CT molecular complexity index is 606. The summed E-state index contributed by atoms with van der Waals surface area (Å²) in [7, 11) is 0. The first-order valence-corrected chi connectivity index (χ1v) is 7.03. The van der Waals surface area contributed by atoms with Gasteiger partial charge >= 0.3 is 0 Å². The normalized spacial score (nSPS) is 9.84. The molecule has 98 valence electrons. The van der Waals surface area contributed by atoms with Gasteiger partial charge in [-0.05, 0) is 24.3 Å². The average Bonchev–Trinajstić information content (AvgIpc) is 2.84. The summed E-state index contributed by atoms with van der Waals surface area (Å²) in [5.74, 6) is 5.94. The van der Waals surface area contributed by atoms with Gasteiger partial charge in [0.25, 0.3) is 0 Å². The molecule has 0 radical (unpaired) electrons. The van der Waals surface area contributed by atoms with Crippen molar-refractivity contribution >= 4 is 34.5 Å². The third-order valence-electron chi connectivity index (χ3n) is 2.23. The second-order valence-corrected chi connectivity index (χ2v) is 5.55. The Balaban J connectivity index is 2.04. The van der Waals surface area contributed by atoms with Gasteiger partial charge in [0, 0.05) is 4.88 Å². The van der Waals surface area contributed by atoms with E-state index in [1.54, 1.807) is 18.2 Å². The molecule has 2 aromatic rings. The molecule has 0 spiro atoms. The lowest BCUT2D eigenvalue weighted by atomic mass is 10.3. The molecule has 0 aliphatic carbocycles. The lowest BCUT2D eigenvalue weighted by Crippen LogP contribution is -1.94. The Labute approximate surface area is 125 Å². The summed E-state index contributed by atoms with van der Waals surface area (Å²) in [6.45, 7) is 0.244. The molecule has 0 unspecified atom stereocenters. The van der Waals surface area contributed by atoms with E-state index in [2.05, 4.69) is 11.8 Å². The van der Waals surface area contributed by atoms with Crippen molar-refractivity contribution in [2.75, 3.05) is 6.61 Å². The van der Waals surface area contributed by atoms with Gasteiger partial charge in [0.15, 0.2) is 5.75 Å². The molecule has 0 aliphatic heterocycles. The summed E-state index contributed by atoms with van der Waals surface area (Å²) in [5.41, 5.74) is 0. The number of rotatable bonds is 3. The lowest BCUT2D eigenvalue weighted by molar-refractivity contribution is 0.310. The van der Waals surface area contributed by atoms with Gasteiger partial charge in [-0.25, -0.2) is 0 Å². The fourth-order valence-corrected chi connectivity index (χ4v) is 2.72. The highest BCUT2D eigenvalue weighted by molar-refractivity contribution is 7.12. The fraction of sp³-hybridized carbons (Fsp3) is 0.143. The maximum atomic E-state index is 8.62. The van der Waals surface area contributed by atoms with E-state index in [1.165, 1.54) is 11.3 Å². The molecule has 1 aromatic carbocycles. The maximum Gasteiger partial charge on any atom is 0.157 e. The minimum absolute atomic E-state index is 0.140. The van der Waals surface area contributed by atoms with Crippen LogP contribution in [0.3, 0.4) is 0 Å². The van der Waals surface area contributed by atoms with Crippen LogP contribution in [0.2, 0.25) is 10.0 Å². The van der Waals surface area contributed by atoms with E-state index in [4.69, 9.17) is 33.0 Å². The lowest BCUT2D eigenvalue weighted by Gasteiger charge is -2.08. The van der Waals surface area contributed by atoms with Crippen LogP contribution in [0.25, 0.3) is 0 Å². The van der Waals surface area contributed by atoms with Crippen LogP contribution in [0, 0.1) is 11.8 Å². The van der Waals surface area contributed by atoms with Crippen molar-refractivity contribution in [1.82, 2.24) is 0 Å². The van der Waals surface area contributed by atoms with E-state index >= 15 is 0 Å². The molecule has 0 saturated heterocycles. The first-order chi connectivity index (χ1) is 9.20. The average molecular weight is 313 g/mol. The summed E-state index contributed by atoms with van der Waals surface area (Å²) >= 11 is 13.5. The van der Waals surface area contributed by atoms with E-state index in [9.17, 15) is 0 Å². The zero-order valence-electron chi connectivity index (χ0n) is 9.82. The van der Waals surface area contributed by atoms with E-state index in [-0.39, 0.29) is 6.61 Å². The predicted octanol–water partition coefficient (Wildman–Crippen LogP) is 3.98. The van der Waals surface area contributed by atoms with Gasteiger partial charge in [0.1, 0.15) is 13.2 Å². The second kappa shape index (κ2) is 6.83. The van der Waals surface area contributed by atoms with Crippen LogP contribution in [-0.4, -0.2) is 11.7 Å². The largest absolute Gasteiger partial charge is 0.485 e. The zero-order chi connectivity index (χ0) is 13.7. The highest BCUT2D eigenvalue weighted by atomic mass is 35.5. The predicted molar refractivity (Wildman–Crippen MR) is 79.1 cm³/mol. The topological polar surface area (TPSA) is 29.5 Å². The van der Waals surface area contributed by atoms with Crippen molar-refractivity contribution in [2.45, 2.75) is 6.61 Å². The maximum absolute atomic E-state index is 8.62. The smallest absolute Gasteiger partial charge is 0.157 e. The molecule has 0 fully saturated rings. The Morgan fingerprint density at radius 3 is 2.58 bits per heavy atom. The summed E-state index contributed by atoms with van der Waals surface area (Å²) in [5, 5.41) is 9.60. The molecule has 2 rings (SSSR count). The number of hydrogen-bond acceptors (Lipinski definition) is 3. The van der Waals surface area contributed by atoms with Crippen LogP contribution in [0.1, 0.15) is 9.75 Å². The van der Waals surface area contributed by atoms with Gasteiger partial charge in [-0.15, -0.1) is 11.3 Å². The first-order valence-electron chi connectivity index (χ1n) is 5.46. The van der Waals surface area contributed by atoms with Crippen LogP contribution in [0.5, 0.6) is 5.75 Å². The summed E-state index contributed by atoms with van der Waals surface area (Å²) in [6.07, 6.45) is 0. The van der Waals surface area contributed by atoms with Crippen LogP contribution < -0.4 is 4.74 Å². The van der Waals surface area contributed by atoms with Crippen LogP contribution in [0.15, 0.2) is 30.3 Å². The number of hydrogen-bond donors (Lipinski definition) is 1. The molecule has 0 bridgehead atoms. The molecule has 0 saturated carbocycles. The minimum atomic E-state index is -0.140. The van der Waals surface area contributed by atoms with Gasteiger partial charge < -0.3 is 9.84 Å². The van der Waals surface area contributed by atoms with E-state index < -0.39 is 0 Å². The highest BCUT2D eigenvalue weighted by Gasteiger charge is 2.07. The number of benzene rings is 1. The summed E-state index contributed by atoms with van der Waals surface area (Å²) in [4.78, 5) is 1.90. The number of ether oxygens (including phenoxy) is 1. The van der Waals surface area contributed by atoms with Crippen LogP contribution in [-0.2, 0) is 6.61 Å². The van der Waals surface area contributed by atoms with Gasteiger partial charge in [-0.3, -0.25) is 0 Å². The van der Waals surface area contributed by atoms with Crippen molar-refractivity contribution in [2.24, 2.45) is 0 Å². The second-order valence-electron chi connectivity index (χ2n) is 3.57. The standard InChI is InChI=1S/C14H10Cl2O2S/c15-12-4-1-5-13(16)14(12)18-9-11-7-6-10(19-11)3-2-8-17/h1,4-7,17H,8-9H2. The van der Waals surface area contributed by atoms with Crippen molar-refractivity contribution in [3.8, 4) is 17.6 Å². The number of halogens is 2. The molecule has 19 heavy (non-hydrogen) atoms. The molecule has 0 aliphatic rings. The zero-order valence-corrected chi connectivity index (χ0v) is 12.1. The molecule has 5 heteroatoms. The third-order valence-corrected chi connectivity index (χ3v) is 3.80. The Kier molecular flexibility index (Phi) is 5.12.